The molecule has 1 atom stereocenters. The van der Waals surface area contributed by atoms with Gasteiger partial charge in [0.05, 0.1) is 18.0 Å². The normalized spacial score (nSPS) is 12.3. The summed E-state index contributed by atoms with van der Waals surface area (Å²) in [6, 6.07) is 17.9. The number of aromatic nitrogens is 2. The van der Waals surface area contributed by atoms with E-state index in [9.17, 15) is 5.11 Å². The van der Waals surface area contributed by atoms with Crippen LogP contribution >= 0.6 is 0 Å². The second kappa shape index (κ2) is 5.31. The third-order valence-corrected chi connectivity index (χ3v) is 3.32. The maximum atomic E-state index is 9.85. The van der Waals surface area contributed by atoms with E-state index in [4.69, 9.17) is 0 Å². The molecule has 0 aliphatic rings. The average Bonchev–Trinajstić information content (AvgIpc) is 2.98. The fourth-order valence-corrected chi connectivity index (χ4v) is 2.28. The van der Waals surface area contributed by atoms with E-state index in [1.165, 1.54) is 0 Å². The lowest BCUT2D eigenvalue weighted by Crippen LogP contribution is -2.02. The Labute approximate surface area is 118 Å². The Bertz CT molecular complexity index is 702. The highest BCUT2D eigenvalue weighted by Gasteiger charge is 2.10. The summed E-state index contributed by atoms with van der Waals surface area (Å²) < 4.78 is 1.81. The van der Waals surface area contributed by atoms with Crippen LogP contribution in [0.5, 0.6) is 0 Å². The summed E-state index contributed by atoms with van der Waals surface area (Å²) in [5.74, 6) is 0. The maximum Gasteiger partial charge on any atom is 0.0782 e. The van der Waals surface area contributed by atoms with Crippen molar-refractivity contribution in [3.63, 3.8) is 0 Å². The first kappa shape index (κ1) is 12.6. The van der Waals surface area contributed by atoms with Crippen LogP contribution in [-0.2, 0) is 0 Å². The zero-order valence-corrected chi connectivity index (χ0v) is 11.3. The Balaban J connectivity index is 2.03. The molecular formula is C17H16N2O. The van der Waals surface area contributed by atoms with Crippen LogP contribution in [0.1, 0.15) is 18.6 Å². The number of benzene rings is 2. The molecule has 3 heteroatoms. The van der Waals surface area contributed by atoms with Crippen LogP contribution < -0.4 is 0 Å². The first-order chi connectivity index (χ1) is 9.75. The first-order valence-corrected chi connectivity index (χ1v) is 6.63. The third-order valence-electron chi connectivity index (χ3n) is 3.32. The number of hydrogen-bond donors (Lipinski definition) is 1. The summed E-state index contributed by atoms with van der Waals surface area (Å²) in [5, 5.41) is 14.3. The van der Waals surface area contributed by atoms with Gasteiger partial charge in [0, 0.05) is 17.3 Å². The molecule has 3 nitrogen and oxygen atoms in total. The van der Waals surface area contributed by atoms with Crippen LogP contribution in [0.25, 0.3) is 16.8 Å². The topological polar surface area (TPSA) is 38.0 Å². The quantitative estimate of drug-likeness (QED) is 0.785. The molecule has 1 unspecified atom stereocenters. The molecule has 20 heavy (non-hydrogen) atoms. The minimum absolute atomic E-state index is 0.518. The number of nitrogens with zero attached hydrogens (tertiary/aromatic N) is 2. The van der Waals surface area contributed by atoms with Crippen molar-refractivity contribution >= 4 is 0 Å². The molecule has 1 aromatic heterocycles. The number of para-hydroxylation sites is 1. The van der Waals surface area contributed by atoms with Gasteiger partial charge in [0.15, 0.2) is 0 Å². The highest BCUT2D eigenvalue weighted by molar-refractivity contribution is 5.62. The van der Waals surface area contributed by atoms with Gasteiger partial charge in [-0.15, -0.1) is 0 Å². The lowest BCUT2D eigenvalue weighted by atomic mass is 10.1. The monoisotopic (exact) mass is 264 g/mol. The molecule has 0 aliphatic carbocycles. The largest absolute Gasteiger partial charge is 0.389 e. The van der Waals surface area contributed by atoms with Crippen molar-refractivity contribution in [1.82, 2.24) is 9.78 Å². The minimum atomic E-state index is -0.518. The fraction of sp³-hybridized carbons (Fsp3) is 0.118. The summed E-state index contributed by atoms with van der Waals surface area (Å²) >= 11 is 0. The van der Waals surface area contributed by atoms with Gasteiger partial charge in [-0.2, -0.15) is 5.10 Å². The zero-order valence-electron chi connectivity index (χ0n) is 11.3. The van der Waals surface area contributed by atoms with Crippen LogP contribution in [0, 0.1) is 0 Å². The van der Waals surface area contributed by atoms with Crippen molar-refractivity contribution in [2.75, 3.05) is 0 Å². The molecule has 3 aromatic rings. The molecule has 0 fully saturated rings. The Kier molecular flexibility index (Phi) is 3.35. The lowest BCUT2D eigenvalue weighted by Gasteiger charge is -2.11. The third kappa shape index (κ3) is 2.36. The highest BCUT2D eigenvalue weighted by atomic mass is 16.3. The Hall–Kier alpha value is -2.39. The van der Waals surface area contributed by atoms with Gasteiger partial charge in [-0.3, -0.25) is 0 Å². The van der Waals surface area contributed by atoms with Crippen molar-refractivity contribution in [3.8, 4) is 16.8 Å². The molecule has 0 bridgehead atoms. The summed E-state index contributed by atoms with van der Waals surface area (Å²) in [6.45, 7) is 1.76. The van der Waals surface area contributed by atoms with Gasteiger partial charge >= 0.3 is 0 Å². The summed E-state index contributed by atoms with van der Waals surface area (Å²) in [5.41, 5.74) is 3.97. The molecule has 3 rings (SSSR count). The second-order valence-corrected chi connectivity index (χ2v) is 4.77. The van der Waals surface area contributed by atoms with Gasteiger partial charge in [0.1, 0.15) is 0 Å². The summed E-state index contributed by atoms with van der Waals surface area (Å²) in [4.78, 5) is 0. The van der Waals surface area contributed by atoms with E-state index in [0.29, 0.717) is 0 Å². The van der Waals surface area contributed by atoms with E-state index in [-0.39, 0.29) is 0 Å². The van der Waals surface area contributed by atoms with Crippen LogP contribution in [0.2, 0.25) is 0 Å². The number of hydrogen-bond acceptors (Lipinski definition) is 2. The fourth-order valence-electron chi connectivity index (χ4n) is 2.28. The Morgan fingerprint density at radius 2 is 1.65 bits per heavy atom. The minimum Gasteiger partial charge on any atom is -0.389 e. The van der Waals surface area contributed by atoms with Crippen LogP contribution in [0.3, 0.4) is 0 Å². The van der Waals surface area contributed by atoms with E-state index in [1.54, 1.807) is 6.92 Å². The van der Waals surface area contributed by atoms with E-state index >= 15 is 0 Å². The molecule has 2 aromatic carbocycles. The SMILES string of the molecule is CC(O)c1ccccc1-n1cc(-c2ccccc2)cn1. The standard InChI is InChI=1S/C17H16N2O/c1-13(20)16-9-5-6-10-17(16)19-12-15(11-18-19)14-7-3-2-4-8-14/h2-13,20H,1H3. The van der Waals surface area contributed by atoms with Gasteiger partial charge < -0.3 is 5.11 Å². The number of rotatable bonds is 3. The first-order valence-electron chi connectivity index (χ1n) is 6.63. The zero-order chi connectivity index (χ0) is 13.9. The van der Waals surface area contributed by atoms with Crippen molar-refractivity contribution < 1.29 is 5.11 Å². The van der Waals surface area contributed by atoms with Crippen molar-refractivity contribution in [2.24, 2.45) is 0 Å². The van der Waals surface area contributed by atoms with Gasteiger partial charge in [-0.1, -0.05) is 48.5 Å². The van der Waals surface area contributed by atoms with Crippen LogP contribution in [0.15, 0.2) is 67.0 Å². The van der Waals surface area contributed by atoms with Crippen LogP contribution in [-0.4, -0.2) is 14.9 Å². The molecule has 0 amide bonds. The smallest absolute Gasteiger partial charge is 0.0782 e. The molecule has 0 saturated heterocycles. The molecule has 0 spiro atoms. The maximum absolute atomic E-state index is 9.85. The molecule has 100 valence electrons. The van der Waals surface area contributed by atoms with E-state index in [1.807, 2.05) is 59.5 Å². The van der Waals surface area contributed by atoms with Crippen molar-refractivity contribution in [1.29, 1.82) is 0 Å². The van der Waals surface area contributed by atoms with Crippen molar-refractivity contribution in [2.45, 2.75) is 13.0 Å². The molecule has 0 aliphatic heterocycles. The summed E-state index contributed by atoms with van der Waals surface area (Å²) in [7, 11) is 0. The highest BCUT2D eigenvalue weighted by Crippen LogP contribution is 2.24. The molecule has 0 radical (unpaired) electrons. The van der Waals surface area contributed by atoms with E-state index in [0.717, 1.165) is 22.4 Å². The van der Waals surface area contributed by atoms with Gasteiger partial charge in [0.2, 0.25) is 0 Å². The predicted octanol–water partition coefficient (Wildman–Crippen LogP) is 3.59. The number of aliphatic hydroxyl groups excluding tert-OH is 1. The van der Waals surface area contributed by atoms with Gasteiger partial charge in [0.25, 0.3) is 0 Å². The van der Waals surface area contributed by atoms with E-state index < -0.39 is 6.10 Å². The lowest BCUT2D eigenvalue weighted by molar-refractivity contribution is 0.199. The molecule has 0 saturated carbocycles. The summed E-state index contributed by atoms with van der Waals surface area (Å²) in [6.07, 6.45) is 3.31. The number of aliphatic hydroxyl groups is 1. The van der Waals surface area contributed by atoms with Crippen molar-refractivity contribution in [3.05, 3.63) is 72.6 Å². The predicted molar refractivity (Wildman–Crippen MR) is 79.6 cm³/mol. The average molecular weight is 264 g/mol. The van der Waals surface area contributed by atoms with Gasteiger partial charge in [-0.25, -0.2) is 4.68 Å². The molecular weight excluding hydrogens is 248 g/mol. The van der Waals surface area contributed by atoms with Gasteiger partial charge in [-0.05, 0) is 18.6 Å². The van der Waals surface area contributed by atoms with Crippen LogP contribution in [0.4, 0.5) is 0 Å². The Morgan fingerprint density at radius 1 is 0.950 bits per heavy atom. The second-order valence-electron chi connectivity index (χ2n) is 4.77. The molecule has 1 N–H and O–H groups in total. The molecule has 1 heterocycles. The van der Waals surface area contributed by atoms with E-state index in [2.05, 4.69) is 17.2 Å². The Morgan fingerprint density at radius 3 is 2.40 bits per heavy atom.